The van der Waals surface area contributed by atoms with E-state index in [1.54, 1.807) is 0 Å². The van der Waals surface area contributed by atoms with Crippen molar-refractivity contribution < 1.29 is 0 Å². The molecule has 76 heavy (non-hydrogen) atoms. The van der Waals surface area contributed by atoms with Crippen molar-refractivity contribution in [2.24, 2.45) is 0 Å². The largest absolute Gasteiger partial charge is 0.310 e. The van der Waals surface area contributed by atoms with Crippen molar-refractivity contribution in [1.82, 2.24) is 0 Å². The Bertz CT molecular complexity index is 4140. The highest BCUT2D eigenvalue weighted by molar-refractivity contribution is 6.01. The van der Waals surface area contributed by atoms with E-state index in [1.807, 2.05) is 0 Å². The van der Waals surface area contributed by atoms with Gasteiger partial charge in [-0.05, 0) is 136 Å². The van der Waals surface area contributed by atoms with Gasteiger partial charge < -0.3 is 4.90 Å². The molecule has 0 saturated carbocycles. The standard InChI is InChI=1S/C75H49N/c1-5-24-50(25-6-1)73(51-26-7-2-8-27-51)63-37-18-16-35-59(63)62-48-54(45-47-68(62)73)76(71-43-23-42-69-72(71)61-36-17-22-41-67(61)74(69,52-28-9-3-10-29-52)53-30-11-4-12-31-53)55-44-46-60-58-34-15-21-40-66(58)75(70(60)49-55)64-38-19-13-32-56(64)57-33-14-20-39-65(57)75/h1-49H. The van der Waals surface area contributed by atoms with E-state index < -0.39 is 16.2 Å². The van der Waals surface area contributed by atoms with E-state index >= 15 is 0 Å². The van der Waals surface area contributed by atoms with Crippen LogP contribution in [-0.4, -0.2) is 0 Å². The molecule has 0 radical (unpaired) electrons. The van der Waals surface area contributed by atoms with Crippen molar-refractivity contribution in [1.29, 1.82) is 0 Å². The van der Waals surface area contributed by atoms with Crippen molar-refractivity contribution in [2.75, 3.05) is 4.90 Å². The van der Waals surface area contributed by atoms with Crippen LogP contribution in [-0.2, 0) is 16.2 Å². The summed E-state index contributed by atoms with van der Waals surface area (Å²) in [6.45, 7) is 0. The lowest BCUT2D eigenvalue weighted by atomic mass is 9.67. The first-order valence-electron chi connectivity index (χ1n) is 26.7. The Hall–Kier alpha value is -9.56. The zero-order valence-electron chi connectivity index (χ0n) is 41.7. The Morgan fingerprint density at radius 1 is 0.197 bits per heavy atom. The van der Waals surface area contributed by atoms with E-state index in [2.05, 4.69) is 302 Å². The molecule has 0 amide bonds. The lowest BCUT2D eigenvalue weighted by Crippen LogP contribution is -2.28. The Morgan fingerprint density at radius 3 is 1.01 bits per heavy atom. The first-order chi connectivity index (χ1) is 37.7. The Kier molecular flexibility index (Phi) is 9.15. The van der Waals surface area contributed by atoms with E-state index in [-0.39, 0.29) is 0 Å². The maximum absolute atomic E-state index is 2.60. The first-order valence-corrected chi connectivity index (χ1v) is 26.7. The van der Waals surface area contributed by atoms with Gasteiger partial charge in [-0.3, -0.25) is 0 Å². The van der Waals surface area contributed by atoms with E-state index in [9.17, 15) is 0 Å². The molecule has 4 aliphatic rings. The predicted molar refractivity (Wildman–Crippen MR) is 312 cm³/mol. The van der Waals surface area contributed by atoms with Crippen LogP contribution in [0.2, 0.25) is 0 Å². The van der Waals surface area contributed by atoms with Gasteiger partial charge in [0.2, 0.25) is 0 Å². The molecule has 1 spiro atoms. The van der Waals surface area contributed by atoms with Crippen LogP contribution < -0.4 is 4.90 Å². The van der Waals surface area contributed by atoms with Crippen LogP contribution in [0.4, 0.5) is 17.1 Å². The zero-order valence-corrected chi connectivity index (χ0v) is 41.7. The minimum atomic E-state index is -0.571. The van der Waals surface area contributed by atoms with Gasteiger partial charge in [0.15, 0.2) is 0 Å². The average molecular weight is 964 g/mol. The van der Waals surface area contributed by atoms with Crippen molar-refractivity contribution >= 4 is 17.1 Å². The van der Waals surface area contributed by atoms with Gasteiger partial charge >= 0.3 is 0 Å². The second-order valence-corrected chi connectivity index (χ2v) is 20.9. The smallest absolute Gasteiger partial charge is 0.0726 e. The number of rotatable bonds is 7. The summed E-state index contributed by atoms with van der Waals surface area (Å²) < 4.78 is 0. The summed E-state index contributed by atoms with van der Waals surface area (Å²) >= 11 is 0. The summed E-state index contributed by atoms with van der Waals surface area (Å²) in [5.41, 5.74) is 27.4. The third-order valence-corrected chi connectivity index (χ3v) is 17.6. The summed E-state index contributed by atoms with van der Waals surface area (Å²) in [6.07, 6.45) is 0. The lowest BCUT2D eigenvalue weighted by molar-refractivity contribution is 0.768. The first kappa shape index (κ1) is 42.9. The minimum Gasteiger partial charge on any atom is -0.310 e. The summed E-state index contributed by atoms with van der Waals surface area (Å²) in [5.74, 6) is 0. The molecule has 1 nitrogen and oxygen atoms in total. The summed E-state index contributed by atoms with van der Waals surface area (Å²) in [7, 11) is 0. The van der Waals surface area contributed by atoms with Gasteiger partial charge in [0, 0.05) is 16.9 Å². The van der Waals surface area contributed by atoms with Crippen LogP contribution in [0.1, 0.15) is 66.8 Å². The molecule has 0 aliphatic heterocycles. The minimum absolute atomic E-state index is 0.510. The van der Waals surface area contributed by atoms with Crippen molar-refractivity contribution in [3.8, 4) is 44.5 Å². The van der Waals surface area contributed by atoms with Gasteiger partial charge in [0.05, 0.1) is 21.9 Å². The van der Waals surface area contributed by atoms with E-state index in [0.717, 1.165) is 17.1 Å². The molecule has 4 aliphatic carbocycles. The molecule has 0 heterocycles. The zero-order chi connectivity index (χ0) is 50.0. The Labute approximate surface area is 444 Å². The maximum Gasteiger partial charge on any atom is 0.0726 e. The lowest BCUT2D eigenvalue weighted by Gasteiger charge is -2.35. The fourth-order valence-corrected chi connectivity index (χ4v) is 14.9. The van der Waals surface area contributed by atoms with Crippen LogP contribution in [0, 0.1) is 0 Å². The molecule has 0 atom stereocenters. The van der Waals surface area contributed by atoms with Crippen molar-refractivity contribution in [3.05, 3.63) is 364 Å². The fraction of sp³-hybridized carbons (Fsp3) is 0.0400. The maximum atomic E-state index is 2.60. The topological polar surface area (TPSA) is 3.24 Å². The fourth-order valence-electron chi connectivity index (χ4n) is 14.9. The molecule has 12 aromatic rings. The number of nitrogens with zero attached hydrogens (tertiary/aromatic N) is 1. The number of hydrogen-bond acceptors (Lipinski definition) is 1. The molecule has 354 valence electrons. The van der Waals surface area contributed by atoms with E-state index in [1.165, 1.54) is 111 Å². The quantitative estimate of drug-likeness (QED) is 0.154. The van der Waals surface area contributed by atoms with Crippen LogP contribution in [0.15, 0.2) is 297 Å². The van der Waals surface area contributed by atoms with Crippen LogP contribution in [0.3, 0.4) is 0 Å². The number of hydrogen-bond donors (Lipinski definition) is 0. The second-order valence-electron chi connectivity index (χ2n) is 20.9. The van der Waals surface area contributed by atoms with Gasteiger partial charge in [-0.2, -0.15) is 0 Å². The van der Waals surface area contributed by atoms with Gasteiger partial charge in [-0.25, -0.2) is 0 Å². The monoisotopic (exact) mass is 963 g/mol. The molecule has 0 N–H and O–H groups in total. The Balaban J connectivity index is 1.01. The molecule has 0 unspecified atom stereocenters. The number of anilines is 3. The van der Waals surface area contributed by atoms with E-state index in [4.69, 9.17) is 0 Å². The molecule has 16 rings (SSSR count). The Morgan fingerprint density at radius 2 is 0.526 bits per heavy atom. The molecular weight excluding hydrogens is 915 g/mol. The SMILES string of the molecule is c1ccc(C2(c3ccccc3)c3ccccc3-c3cc(N(c4ccc5c(c4)C4(c6ccccc6-c6ccccc64)c4ccccc4-5)c4cccc5c4-c4ccccc4C5(c4ccccc4)c4ccccc4)ccc32)cc1. The molecule has 0 saturated heterocycles. The van der Waals surface area contributed by atoms with E-state index in [0.29, 0.717) is 0 Å². The van der Waals surface area contributed by atoms with Crippen molar-refractivity contribution in [2.45, 2.75) is 16.2 Å². The highest BCUT2D eigenvalue weighted by Crippen LogP contribution is 2.65. The highest BCUT2D eigenvalue weighted by Gasteiger charge is 2.53. The van der Waals surface area contributed by atoms with Crippen LogP contribution >= 0.6 is 0 Å². The summed E-state index contributed by atoms with van der Waals surface area (Å²) in [4.78, 5) is 2.60. The predicted octanol–water partition coefficient (Wildman–Crippen LogP) is 18.2. The third kappa shape index (κ3) is 5.49. The molecule has 0 fully saturated rings. The average Bonchev–Trinajstić information content (AvgIpc) is 4.35. The molecular formula is C75H49N. The second kappa shape index (κ2) is 16.2. The number of benzene rings is 12. The van der Waals surface area contributed by atoms with Crippen LogP contribution in [0.5, 0.6) is 0 Å². The summed E-state index contributed by atoms with van der Waals surface area (Å²) in [6, 6.07) is 112. The van der Waals surface area contributed by atoms with Gasteiger partial charge in [-0.15, -0.1) is 0 Å². The van der Waals surface area contributed by atoms with Crippen molar-refractivity contribution in [3.63, 3.8) is 0 Å². The van der Waals surface area contributed by atoms with Gasteiger partial charge in [0.1, 0.15) is 0 Å². The van der Waals surface area contributed by atoms with Gasteiger partial charge in [0.25, 0.3) is 0 Å². The normalized spacial score (nSPS) is 14.6. The molecule has 0 bridgehead atoms. The van der Waals surface area contributed by atoms with Gasteiger partial charge in [-0.1, -0.05) is 267 Å². The van der Waals surface area contributed by atoms with Crippen LogP contribution in [0.25, 0.3) is 44.5 Å². The molecule has 1 heteroatoms. The summed E-state index contributed by atoms with van der Waals surface area (Å²) in [5, 5.41) is 0. The molecule has 0 aromatic heterocycles. The number of fused-ring (bicyclic) bond motifs is 16. The third-order valence-electron chi connectivity index (χ3n) is 17.6. The molecule has 12 aromatic carbocycles. The highest BCUT2D eigenvalue weighted by atomic mass is 15.1.